The van der Waals surface area contributed by atoms with Gasteiger partial charge in [0.1, 0.15) is 0 Å². The minimum Gasteiger partial charge on any atom is -0.465 e. The second-order valence-corrected chi connectivity index (χ2v) is 7.44. The zero-order valence-corrected chi connectivity index (χ0v) is 14.4. The molecular weight excluding hydrogens is 306 g/mol. The van der Waals surface area contributed by atoms with Gasteiger partial charge in [0.2, 0.25) is 11.8 Å². The summed E-state index contributed by atoms with van der Waals surface area (Å²) < 4.78 is 5.38. The number of likely N-dealkylation sites (tertiary alicyclic amines) is 1. The third-order valence-corrected chi connectivity index (χ3v) is 5.85. The van der Waals surface area contributed by atoms with Crippen molar-refractivity contribution in [2.24, 2.45) is 23.7 Å². The number of carbonyl (C=O) groups excluding carboxylic acids is 3. The zero-order valence-electron chi connectivity index (χ0n) is 14.4. The van der Waals surface area contributed by atoms with Crippen molar-refractivity contribution in [2.75, 3.05) is 13.2 Å². The lowest BCUT2D eigenvalue weighted by atomic mass is 9.81. The molecule has 1 saturated heterocycles. The van der Waals surface area contributed by atoms with Crippen LogP contribution in [0.2, 0.25) is 0 Å². The summed E-state index contributed by atoms with van der Waals surface area (Å²) in [6.45, 7) is 2.77. The molecule has 5 heteroatoms. The molecule has 0 aromatic rings. The number of nitrogens with zero attached hydrogens (tertiary/aromatic N) is 1. The van der Waals surface area contributed by atoms with Crippen LogP contribution in [-0.4, -0.2) is 35.8 Å². The number of fused-ring (bicyclic) bond motifs is 1. The SMILES string of the molecule is C[C@@H]1CC=CC[C@@H]1COC(=O)CCN1C(=O)[C@H]2CCCC[C@@H]2C1=O. The van der Waals surface area contributed by atoms with Gasteiger partial charge in [-0.25, -0.2) is 0 Å². The molecule has 0 unspecified atom stereocenters. The van der Waals surface area contributed by atoms with Gasteiger partial charge in [-0.3, -0.25) is 19.3 Å². The van der Waals surface area contributed by atoms with Crippen molar-refractivity contribution >= 4 is 17.8 Å². The van der Waals surface area contributed by atoms with Gasteiger partial charge in [0.05, 0.1) is 24.9 Å². The fraction of sp³-hybridized carbons (Fsp3) is 0.737. The van der Waals surface area contributed by atoms with Crippen molar-refractivity contribution in [3.63, 3.8) is 0 Å². The molecule has 3 aliphatic rings. The monoisotopic (exact) mass is 333 g/mol. The fourth-order valence-electron chi connectivity index (χ4n) is 4.17. The van der Waals surface area contributed by atoms with Gasteiger partial charge in [-0.15, -0.1) is 0 Å². The summed E-state index contributed by atoms with van der Waals surface area (Å²) in [6.07, 6.45) is 10.0. The van der Waals surface area contributed by atoms with E-state index in [1.54, 1.807) is 0 Å². The van der Waals surface area contributed by atoms with Crippen LogP contribution in [-0.2, 0) is 19.1 Å². The molecule has 1 saturated carbocycles. The Kier molecular flexibility index (Phi) is 5.36. The summed E-state index contributed by atoms with van der Waals surface area (Å²) in [5.74, 6) is 0.137. The summed E-state index contributed by atoms with van der Waals surface area (Å²) in [7, 11) is 0. The molecule has 3 rings (SSSR count). The van der Waals surface area contributed by atoms with E-state index in [1.807, 2.05) is 0 Å². The third-order valence-electron chi connectivity index (χ3n) is 5.85. The van der Waals surface area contributed by atoms with Gasteiger partial charge < -0.3 is 4.74 Å². The average Bonchev–Trinajstić information content (AvgIpc) is 2.84. The molecule has 2 amide bonds. The second-order valence-electron chi connectivity index (χ2n) is 7.44. The first kappa shape index (κ1) is 17.2. The maximum absolute atomic E-state index is 12.4. The molecule has 0 radical (unpaired) electrons. The van der Waals surface area contributed by atoms with Gasteiger partial charge in [-0.2, -0.15) is 0 Å². The maximum Gasteiger partial charge on any atom is 0.307 e. The molecule has 0 spiro atoms. The van der Waals surface area contributed by atoms with E-state index in [-0.39, 0.29) is 42.6 Å². The second kappa shape index (κ2) is 7.49. The fourth-order valence-corrected chi connectivity index (χ4v) is 4.17. The smallest absolute Gasteiger partial charge is 0.307 e. The van der Waals surface area contributed by atoms with Crippen LogP contribution >= 0.6 is 0 Å². The van der Waals surface area contributed by atoms with Gasteiger partial charge >= 0.3 is 5.97 Å². The predicted molar refractivity (Wildman–Crippen MR) is 88.8 cm³/mol. The molecule has 132 valence electrons. The van der Waals surface area contributed by atoms with Crippen LogP contribution < -0.4 is 0 Å². The highest BCUT2D eigenvalue weighted by Crippen LogP contribution is 2.38. The highest BCUT2D eigenvalue weighted by molar-refractivity contribution is 6.05. The number of hydrogen-bond donors (Lipinski definition) is 0. The quantitative estimate of drug-likeness (QED) is 0.441. The highest BCUT2D eigenvalue weighted by atomic mass is 16.5. The minimum atomic E-state index is -0.313. The summed E-state index contributed by atoms with van der Waals surface area (Å²) >= 11 is 0. The molecule has 0 N–H and O–H groups in total. The Morgan fingerprint density at radius 2 is 1.75 bits per heavy atom. The zero-order chi connectivity index (χ0) is 17.1. The first-order valence-electron chi connectivity index (χ1n) is 9.23. The Hall–Kier alpha value is -1.65. The van der Waals surface area contributed by atoms with E-state index in [4.69, 9.17) is 4.74 Å². The Bertz CT molecular complexity index is 517. The number of rotatable bonds is 5. The van der Waals surface area contributed by atoms with Gasteiger partial charge in [-0.05, 0) is 37.5 Å². The molecule has 1 aliphatic heterocycles. The normalized spacial score (nSPS) is 32.8. The molecule has 0 aromatic carbocycles. The Morgan fingerprint density at radius 1 is 1.12 bits per heavy atom. The first-order chi connectivity index (χ1) is 11.6. The largest absolute Gasteiger partial charge is 0.465 e. The molecule has 5 nitrogen and oxygen atoms in total. The number of carbonyl (C=O) groups is 3. The summed E-state index contributed by atoms with van der Waals surface area (Å²) in [6, 6.07) is 0. The molecule has 0 bridgehead atoms. The van der Waals surface area contributed by atoms with Crippen LogP contribution in [0.1, 0.15) is 51.9 Å². The molecule has 0 aromatic heterocycles. The van der Waals surface area contributed by atoms with Crippen molar-refractivity contribution in [3.8, 4) is 0 Å². The van der Waals surface area contributed by atoms with Crippen LogP contribution in [0.15, 0.2) is 12.2 Å². The van der Waals surface area contributed by atoms with E-state index in [2.05, 4.69) is 19.1 Å². The van der Waals surface area contributed by atoms with Crippen LogP contribution in [0.3, 0.4) is 0 Å². The molecule has 24 heavy (non-hydrogen) atoms. The lowest BCUT2D eigenvalue weighted by molar-refractivity contribution is -0.147. The van der Waals surface area contributed by atoms with Crippen LogP contribution in [0.5, 0.6) is 0 Å². The maximum atomic E-state index is 12.4. The lowest BCUT2D eigenvalue weighted by Gasteiger charge is -2.24. The first-order valence-corrected chi connectivity index (χ1v) is 9.23. The minimum absolute atomic E-state index is 0.0801. The van der Waals surface area contributed by atoms with E-state index >= 15 is 0 Å². The molecule has 1 heterocycles. The Balaban J connectivity index is 1.45. The molecule has 4 atom stereocenters. The van der Waals surface area contributed by atoms with E-state index in [1.165, 1.54) is 4.90 Å². The number of hydrogen-bond acceptors (Lipinski definition) is 4. The van der Waals surface area contributed by atoms with E-state index < -0.39 is 0 Å². The van der Waals surface area contributed by atoms with Gasteiger partial charge in [0, 0.05) is 6.54 Å². The van der Waals surface area contributed by atoms with Crippen molar-refractivity contribution in [1.29, 1.82) is 0 Å². The third kappa shape index (κ3) is 3.55. The highest BCUT2D eigenvalue weighted by Gasteiger charge is 2.47. The van der Waals surface area contributed by atoms with Gasteiger partial charge in [0.25, 0.3) is 0 Å². The van der Waals surface area contributed by atoms with E-state index in [9.17, 15) is 14.4 Å². The summed E-state index contributed by atoms with van der Waals surface area (Å²) in [5, 5.41) is 0. The number of imide groups is 1. The predicted octanol–water partition coefficient (Wildman–Crippen LogP) is 2.70. The van der Waals surface area contributed by atoms with Crippen molar-refractivity contribution in [1.82, 2.24) is 4.90 Å². The van der Waals surface area contributed by atoms with E-state index in [0.29, 0.717) is 18.4 Å². The van der Waals surface area contributed by atoms with Gasteiger partial charge in [0.15, 0.2) is 0 Å². The van der Waals surface area contributed by atoms with Crippen LogP contribution in [0.25, 0.3) is 0 Å². The molecular formula is C19H27NO4. The lowest BCUT2D eigenvalue weighted by Crippen LogP contribution is -2.33. The van der Waals surface area contributed by atoms with Crippen LogP contribution in [0.4, 0.5) is 0 Å². The molecule has 2 fully saturated rings. The average molecular weight is 333 g/mol. The van der Waals surface area contributed by atoms with Crippen molar-refractivity contribution in [2.45, 2.75) is 51.9 Å². The Labute approximate surface area is 143 Å². The number of ether oxygens (including phenoxy) is 1. The number of esters is 1. The molecule has 2 aliphatic carbocycles. The van der Waals surface area contributed by atoms with Gasteiger partial charge in [-0.1, -0.05) is 31.9 Å². The number of allylic oxidation sites excluding steroid dienone is 2. The van der Waals surface area contributed by atoms with Crippen molar-refractivity contribution < 1.29 is 19.1 Å². The number of amides is 2. The topological polar surface area (TPSA) is 63.7 Å². The summed E-state index contributed by atoms with van der Waals surface area (Å²) in [5.41, 5.74) is 0. The van der Waals surface area contributed by atoms with Crippen molar-refractivity contribution in [3.05, 3.63) is 12.2 Å². The Morgan fingerprint density at radius 3 is 2.38 bits per heavy atom. The van der Waals surface area contributed by atoms with Crippen LogP contribution in [0, 0.1) is 23.7 Å². The van der Waals surface area contributed by atoms with E-state index in [0.717, 1.165) is 38.5 Å². The summed E-state index contributed by atoms with van der Waals surface area (Å²) in [4.78, 5) is 38.0. The standard InChI is InChI=1S/C19H27NO4/c1-13-6-2-3-7-14(13)12-24-17(21)10-11-20-18(22)15-8-4-5-9-16(15)19(20)23/h2-3,13-16H,4-12H2,1H3/t13-,14-,15+,16+/m1/s1.